The van der Waals surface area contributed by atoms with Crippen LogP contribution in [0.25, 0.3) is 0 Å². The van der Waals surface area contributed by atoms with Crippen LogP contribution >= 0.6 is 55.1 Å². The first kappa shape index (κ1) is 91.2. The maximum Gasteiger partial charge on any atom is 0.232 e. The summed E-state index contributed by atoms with van der Waals surface area (Å²) >= 11 is 19.9. The van der Waals surface area contributed by atoms with E-state index >= 15 is 0 Å². The Hall–Kier alpha value is -10.7. The van der Waals surface area contributed by atoms with Crippen molar-refractivity contribution in [3.63, 3.8) is 0 Å². The molecule has 0 spiro atoms. The molecule has 0 radical (unpaired) electrons. The summed E-state index contributed by atoms with van der Waals surface area (Å²) in [4.78, 5) is 97.9. The topological polar surface area (TPSA) is 179 Å². The summed E-state index contributed by atoms with van der Waals surface area (Å²) in [5.41, 5.74) is 26.6. The van der Waals surface area contributed by atoms with Gasteiger partial charge in [0.25, 0.3) is 0 Å². The van der Waals surface area contributed by atoms with E-state index in [4.69, 9.17) is 43.1 Å². The highest BCUT2D eigenvalue weighted by Crippen LogP contribution is 2.43. The third kappa shape index (κ3) is 21.3. The zero-order chi connectivity index (χ0) is 90.1. The quantitative estimate of drug-likeness (QED) is 0.105. The lowest BCUT2D eigenvalue weighted by Gasteiger charge is -2.42. The van der Waals surface area contributed by atoms with Crippen molar-refractivity contribution in [3.05, 3.63) is 374 Å². The molecule has 4 saturated heterocycles. The third-order valence-electron chi connectivity index (χ3n) is 27.3. The van der Waals surface area contributed by atoms with Crippen molar-refractivity contribution in [2.24, 2.45) is 14.1 Å². The Balaban J connectivity index is 0.000000121. The van der Waals surface area contributed by atoms with E-state index < -0.39 is 5.41 Å². The van der Waals surface area contributed by atoms with Crippen molar-refractivity contribution in [1.82, 2.24) is 69.1 Å². The van der Waals surface area contributed by atoms with E-state index in [2.05, 4.69) is 160 Å². The molecule has 4 aliphatic heterocycles. The summed E-state index contributed by atoms with van der Waals surface area (Å²) in [5.74, 6) is 0.742. The van der Waals surface area contributed by atoms with Gasteiger partial charge in [0.2, 0.25) is 23.6 Å². The number of fused-ring (bicyclic) bond motifs is 8. The number of aryl methyl sites for hydroxylation is 12. The molecule has 3 unspecified atom stereocenters. The smallest absolute Gasteiger partial charge is 0.232 e. The Kier molecular flexibility index (Phi) is 29.1. The Morgan fingerprint density at radius 3 is 1.06 bits per heavy atom. The first-order valence-electron chi connectivity index (χ1n) is 45.8. The van der Waals surface area contributed by atoms with Crippen LogP contribution in [0.1, 0.15) is 161 Å². The number of aromatic nitrogens is 8. The molecule has 12 heterocycles. The molecule has 4 aliphatic carbocycles. The Labute approximate surface area is 791 Å². The molecule has 24 heteroatoms. The average molecular weight is 1910 g/mol. The minimum atomic E-state index is -0.594. The highest BCUT2D eigenvalue weighted by Gasteiger charge is 2.41. The zero-order valence-corrected chi connectivity index (χ0v) is 79.8. The molecule has 0 bridgehead atoms. The SMILES string of the molecule is C[n+]1ccc(CC(=O)N2CCN(C3c4ccc(Cl)cc4CCc4cccnc43)CC2)cc1.C[n+]1ccc(CC(=O)N2CCN([C@H]3c4ccc(Cl)cc4CCc4cccnc43)CC2)cc1.Cc1ccc2c(c1)CCc1cc(Br)cnc1C2N1CCN(C(=O)C(C)(C)c2cccnc2)CC1.Cc1ccc2c(c1)CCc1cc(Br)cnc1C2N1CCN(C(=O)Cc2cccnc2)CC1. The Morgan fingerprint density at radius 1 is 0.354 bits per heavy atom. The number of pyridine rings is 8. The van der Waals surface area contributed by atoms with Gasteiger partial charge in [-0.2, -0.15) is 0 Å². The van der Waals surface area contributed by atoms with E-state index in [0.717, 1.165) is 207 Å². The van der Waals surface area contributed by atoms with Crippen LogP contribution in [0, 0.1) is 13.8 Å². The van der Waals surface area contributed by atoms with Crippen molar-refractivity contribution in [2.75, 3.05) is 105 Å². The van der Waals surface area contributed by atoms with E-state index in [0.29, 0.717) is 32.4 Å². The largest absolute Gasteiger partial charge is 0.340 e. The van der Waals surface area contributed by atoms with Gasteiger partial charge < -0.3 is 19.6 Å². The molecule has 8 aromatic heterocycles. The molecule has 4 aromatic carbocycles. The minimum Gasteiger partial charge on any atom is -0.340 e. The number of hydrogen-bond donors (Lipinski definition) is 0. The predicted molar refractivity (Wildman–Crippen MR) is 515 cm³/mol. The van der Waals surface area contributed by atoms with Gasteiger partial charge in [0.1, 0.15) is 14.1 Å². The van der Waals surface area contributed by atoms with Crippen molar-refractivity contribution in [1.29, 1.82) is 0 Å². The first-order valence-corrected chi connectivity index (χ1v) is 48.1. The van der Waals surface area contributed by atoms with E-state index in [1.165, 1.54) is 77.9 Å². The van der Waals surface area contributed by atoms with E-state index in [1.54, 1.807) is 24.8 Å². The van der Waals surface area contributed by atoms with Crippen molar-refractivity contribution in [2.45, 2.75) is 128 Å². The molecular weight excluding hydrogens is 1790 g/mol. The normalized spacial score (nSPS) is 18.6. The molecule has 12 aromatic rings. The number of carbonyl (C=O) groups excluding carboxylic acids is 4. The molecule has 8 aliphatic rings. The molecule has 20 rings (SSSR count). The maximum atomic E-state index is 13.5. The Bertz CT molecular complexity index is 5750. The third-order valence-corrected chi connectivity index (χ3v) is 28.7. The molecule has 0 saturated carbocycles. The number of rotatable bonds is 12. The molecule has 4 atom stereocenters. The van der Waals surface area contributed by atoms with Crippen LogP contribution in [-0.4, -0.2) is 197 Å². The Morgan fingerprint density at radius 2 is 0.685 bits per heavy atom. The van der Waals surface area contributed by atoms with E-state index in [1.807, 2.05) is 179 Å². The zero-order valence-electron chi connectivity index (χ0n) is 75.1. The van der Waals surface area contributed by atoms with Gasteiger partial charge >= 0.3 is 0 Å². The van der Waals surface area contributed by atoms with Gasteiger partial charge in [-0.1, -0.05) is 107 Å². The minimum absolute atomic E-state index is 0.104. The number of piperazine rings is 4. The second kappa shape index (κ2) is 41.4. The molecule has 130 heavy (non-hydrogen) atoms. The second-order valence-electron chi connectivity index (χ2n) is 36.3. The number of amides is 4. The van der Waals surface area contributed by atoms with Gasteiger partial charge in [0, 0.05) is 198 Å². The van der Waals surface area contributed by atoms with Crippen molar-refractivity contribution >= 4 is 78.7 Å². The second-order valence-corrected chi connectivity index (χ2v) is 39.0. The van der Waals surface area contributed by atoms with Crippen LogP contribution in [-0.2, 0) is 109 Å². The standard InChI is InChI=1S/C28H31BrN4O.C26H27BrN4O.2C26H28ClN4O/c1-19-6-9-24-20(15-19)7-8-21-16-23(29)18-31-25(21)26(24)32-11-13-33(14-12-32)27(34)28(2,3)22-5-4-10-30-17-22;1-18-4-7-23-20(13-18)5-6-21-15-22(27)17-29-25(21)26(23)31-11-9-30(10-12-31)24(32)14-19-3-2-8-28-16-19;2*1-29-11-8-19(9-12-29)17-24(32)30-13-15-31(16-14-30)26-23-7-6-22(27)18-21(23)5-4-20-3-2-10-28-25(20)26/h4-6,9-10,15-18,26H,7-8,11-14H2,1-3H3;2-4,7-8,13,15-17,26H,5-6,9-12,14H2,1H3;2*2-3,6-12,18,26H,4-5,13-17H2,1H3/q;;2*+1/t;;26-;/m..0./s1. The monoisotopic (exact) mass is 1900 g/mol. The van der Waals surface area contributed by atoms with Gasteiger partial charge in [-0.3, -0.25) is 68.7 Å². The summed E-state index contributed by atoms with van der Waals surface area (Å²) in [6, 6.07) is 55.3. The number of benzene rings is 4. The van der Waals surface area contributed by atoms with Gasteiger partial charge in [0.15, 0.2) is 24.8 Å². The summed E-state index contributed by atoms with van der Waals surface area (Å²) in [6.07, 6.45) is 31.9. The summed E-state index contributed by atoms with van der Waals surface area (Å²) in [7, 11) is 3.97. The number of hydrogen-bond acceptors (Lipinski definition) is 14. The highest BCUT2D eigenvalue weighted by atomic mass is 79.9. The molecule has 20 nitrogen and oxygen atoms in total. The molecule has 4 amide bonds. The van der Waals surface area contributed by atoms with Crippen LogP contribution in [0.3, 0.4) is 0 Å². The molecular formula is C106H114Br2Cl2N16O4+2. The highest BCUT2D eigenvalue weighted by molar-refractivity contribution is 9.10. The van der Waals surface area contributed by atoms with Gasteiger partial charge in [-0.05, 0) is 261 Å². The lowest BCUT2D eigenvalue weighted by molar-refractivity contribution is -0.671. The average Bonchev–Trinajstić information content (AvgIpc) is 1.51. The first-order chi connectivity index (χ1) is 63.1. The molecule has 0 N–H and O–H groups in total. The van der Waals surface area contributed by atoms with Crippen LogP contribution in [0.5, 0.6) is 0 Å². The lowest BCUT2D eigenvalue weighted by atomic mass is 9.84. The van der Waals surface area contributed by atoms with E-state index in [9.17, 15) is 19.2 Å². The number of carbonyl (C=O) groups is 4. The van der Waals surface area contributed by atoms with Gasteiger partial charge in [-0.15, -0.1) is 0 Å². The fourth-order valence-corrected chi connectivity index (χ4v) is 21.3. The fourth-order valence-electron chi connectivity index (χ4n) is 20.2. The van der Waals surface area contributed by atoms with Crippen LogP contribution in [0.4, 0.5) is 0 Å². The maximum absolute atomic E-state index is 13.5. The summed E-state index contributed by atoms with van der Waals surface area (Å²) in [6.45, 7) is 20.8. The number of nitrogens with zero attached hydrogens (tertiary/aromatic N) is 16. The summed E-state index contributed by atoms with van der Waals surface area (Å²) < 4.78 is 6.02. The fraction of sp³-hybridized carbons (Fsp3) is 0.358. The van der Waals surface area contributed by atoms with Crippen LogP contribution in [0.15, 0.2) is 241 Å². The van der Waals surface area contributed by atoms with Crippen LogP contribution < -0.4 is 9.13 Å². The van der Waals surface area contributed by atoms with Crippen molar-refractivity contribution < 1.29 is 28.3 Å². The van der Waals surface area contributed by atoms with E-state index in [-0.39, 0.29) is 47.8 Å². The number of halogens is 4. The van der Waals surface area contributed by atoms with Gasteiger partial charge in [-0.25, -0.2) is 9.13 Å². The lowest BCUT2D eigenvalue weighted by Crippen LogP contribution is -2.54. The molecule has 668 valence electrons. The van der Waals surface area contributed by atoms with Crippen molar-refractivity contribution in [3.8, 4) is 0 Å². The predicted octanol–water partition coefficient (Wildman–Crippen LogP) is 15.2. The molecule has 4 fully saturated rings. The summed E-state index contributed by atoms with van der Waals surface area (Å²) in [5, 5.41) is 1.57. The van der Waals surface area contributed by atoms with Crippen LogP contribution in [0.2, 0.25) is 10.0 Å². The van der Waals surface area contributed by atoms with Gasteiger partial charge in [0.05, 0.1) is 71.6 Å².